The van der Waals surface area contributed by atoms with Crippen LogP contribution in [0.25, 0.3) is 0 Å². The molecule has 0 amide bonds. The summed E-state index contributed by atoms with van der Waals surface area (Å²) in [7, 11) is 0. The number of hydrogen-bond acceptors (Lipinski definition) is 1. The van der Waals surface area contributed by atoms with E-state index in [1.165, 1.54) is 24.8 Å². The molecule has 1 aromatic carbocycles. The first-order valence-corrected chi connectivity index (χ1v) is 6.95. The maximum Gasteiger partial charge on any atom is 0.0281 e. The monoisotopic (exact) mass is 241 g/mol. The summed E-state index contributed by atoms with van der Waals surface area (Å²) in [6, 6.07) is 11.4. The Kier molecular flexibility index (Phi) is 5.22. The molecule has 0 aliphatic heterocycles. The van der Waals surface area contributed by atoms with Gasteiger partial charge in [0.15, 0.2) is 0 Å². The average molecular weight is 241 g/mol. The van der Waals surface area contributed by atoms with Crippen molar-refractivity contribution in [1.29, 1.82) is 0 Å². The van der Waals surface area contributed by atoms with Gasteiger partial charge in [0.25, 0.3) is 0 Å². The predicted octanol–water partition coefficient (Wildman–Crippen LogP) is 4.17. The van der Waals surface area contributed by atoms with Crippen molar-refractivity contribution in [1.82, 2.24) is 4.90 Å². The highest BCUT2D eigenvalue weighted by Gasteiger charge is 2.17. The van der Waals surface area contributed by atoms with Crippen molar-refractivity contribution in [2.75, 3.05) is 6.54 Å². The Balaban J connectivity index is 2.02. The molecule has 0 N–H and O–H groups in total. The van der Waals surface area contributed by atoms with Crippen molar-refractivity contribution in [3.05, 3.63) is 60.7 Å². The smallest absolute Gasteiger partial charge is 0.0281 e. The minimum Gasteiger partial charge on any atom is -0.292 e. The number of rotatable bonds is 6. The number of benzene rings is 1. The van der Waals surface area contributed by atoms with E-state index in [0.717, 1.165) is 19.5 Å². The summed E-state index contributed by atoms with van der Waals surface area (Å²) < 4.78 is 0. The van der Waals surface area contributed by atoms with Crippen molar-refractivity contribution in [3.8, 4) is 0 Å². The fourth-order valence-electron chi connectivity index (χ4n) is 2.54. The van der Waals surface area contributed by atoms with Crippen molar-refractivity contribution >= 4 is 0 Å². The predicted molar refractivity (Wildman–Crippen MR) is 78.4 cm³/mol. The molecular formula is C17H23N. The average Bonchev–Trinajstić information content (AvgIpc) is 2.45. The summed E-state index contributed by atoms with van der Waals surface area (Å²) in [5.41, 5.74) is 1.40. The van der Waals surface area contributed by atoms with Crippen LogP contribution in [0.5, 0.6) is 0 Å². The first kappa shape index (κ1) is 13.1. The van der Waals surface area contributed by atoms with E-state index in [0.29, 0.717) is 6.04 Å². The van der Waals surface area contributed by atoms with Crippen molar-refractivity contribution in [3.63, 3.8) is 0 Å². The molecule has 18 heavy (non-hydrogen) atoms. The molecule has 1 aliphatic rings. The van der Waals surface area contributed by atoms with Crippen LogP contribution in [0, 0.1) is 0 Å². The van der Waals surface area contributed by atoms with Gasteiger partial charge in [0, 0.05) is 19.1 Å². The van der Waals surface area contributed by atoms with E-state index in [4.69, 9.17) is 0 Å². The normalized spacial score (nSPS) is 19.1. The molecular weight excluding hydrogens is 218 g/mol. The fraction of sp³-hybridized carbons (Fsp3) is 0.412. The second kappa shape index (κ2) is 7.17. The third-order valence-electron chi connectivity index (χ3n) is 3.55. The van der Waals surface area contributed by atoms with Gasteiger partial charge in [-0.2, -0.15) is 0 Å². The Morgan fingerprint density at radius 2 is 2.11 bits per heavy atom. The molecule has 1 atom stereocenters. The van der Waals surface area contributed by atoms with Gasteiger partial charge in [-0.1, -0.05) is 48.6 Å². The highest BCUT2D eigenvalue weighted by Crippen LogP contribution is 2.19. The van der Waals surface area contributed by atoms with Gasteiger partial charge in [-0.3, -0.25) is 4.90 Å². The second-order valence-electron chi connectivity index (χ2n) is 4.96. The summed E-state index contributed by atoms with van der Waals surface area (Å²) in [6.45, 7) is 5.99. The standard InChI is InChI=1S/C17H23N/c1-2-3-14-18(17-12-8-5-9-13-17)15-16-10-6-4-7-11-16/h2,4,6-8,10-12,17H,1,3,5,9,13-15H2. The van der Waals surface area contributed by atoms with Crippen LogP contribution in [-0.2, 0) is 6.54 Å². The molecule has 2 rings (SSSR count). The van der Waals surface area contributed by atoms with Crippen LogP contribution in [0.1, 0.15) is 31.2 Å². The third kappa shape index (κ3) is 3.85. The van der Waals surface area contributed by atoms with Crippen LogP contribution in [0.15, 0.2) is 55.1 Å². The number of nitrogens with zero attached hydrogens (tertiary/aromatic N) is 1. The summed E-state index contributed by atoms with van der Waals surface area (Å²) >= 11 is 0. The van der Waals surface area contributed by atoms with Crippen LogP contribution in [0.4, 0.5) is 0 Å². The highest BCUT2D eigenvalue weighted by molar-refractivity contribution is 5.15. The zero-order chi connectivity index (χ0) is 12.6. The van der Waals surface area contributed by atoms with Gasteiger partial charge >= 0.3 is 0 Å². The molecule has 0 saturated heterocycles. The molecule has 0 radical (unpaired) electrons. The molecule has 1 aliphatic carbocycles. The number of allylic oxidation sites excluding steroid dienone is 1. The fourth-order valence-corrected chi connectivity index (χ4v) is 2.54. The van der Waals surface area contributed by atoms with Gasteiger partial charge in [-0.25, -0.2) is 0 Å². The molecule has 1 nitrogen and oxygen atoms in total. The van der Waals surface area contributed by atoms with Gasteiger partial charge in [0.05, 0.1) is 0 Å². The SMILES string of the molecule is C=CCCN(Cc1ccccc1)C1C=CCCC1. The lowest BCUT2D eigenvalue weighted by Crippen LogP contribution is -2.35. The molecule has 1 heteroatoms. The van der Waals surface area contributed by atoms with E-state index in [2.05, 4.69) is 54.0 Å². The molecule has 0 fully saturated rings. The summed E-state index contributed by atoms with van der Waals surface area (Å²) in [4.78, 5) is 2.58. The number of hydrogen-bond donors (Lipinski definition) is 0. The Morgan fingerprint density at radius 1 is 1.28 bits per heavy atom. The van der Waals surface area contributed by atoms with Gasteiger partial charge in [0.1, 0.15) is 0 Å². The van der Waals surface area contributed by atoms with E-state index in [-0.39, 0.29) is 0 Å². The summed E-state index contributed by atoms with van der Waals surface area (Å²) in [5.74, 6) is 0. The Morgan fingerprint density at radius 3 is 2.78 bits per heavy atom. The topological polar surface area (TPSA) is 3.24 Å². The quantitative estimate of drug-likeness (QED) is 0.676. The van der Waals surface area contributed by atoms with E-state index in [1.807, 2.05) is 6.08 Å². The van der Waals surface area contributed by atoms with Crippen LogP contribution in [-0.4, -0.2) is 17.5 Å². The molecule has 0 saturated carbocycles. The van der Waals surface area contributed by atoms with Crippen molar-refractivity contribution in [2.24, 2.45) is 0 Å². The second-order valence-corrected chi connectivity index (χ2v) is 4.96. The molecule has 96 valence electrons. The Labute approximate surface area is 111 Å². The molecule has 0 bridgehead atoms. The lowest BCUT2D eigenvalue weighted by atomic mass is 10.0. The van der Waals surface area contributed by atoms with Gasteiger partial charge in [0.2, 0.25) is 0 Å². The maximum atomic E-state index is 3.84. The first-order valence-electron chi connectivity index (χ1n) is 6.95. The zero-order valence-corrected chi connectivity index (χ0v) is 11.1. The first-order chi connectivity index (χ1) is 8.90. The van der Waals surface area contributed by atoms with E-state index >= 15 is 0 Å². The minimum absolute atomic E-state index is 0.610. The lowest BCUT2D eigenvalue weighted by Gasteiger charge is -2.31. The van der Waals surface area contributed by atoms with E-state index < -0.39 is 0 Å². The van der Waals surface area contributed by atoms with Crippen LogP contribution >= 0.6 is 0 Å². The summed E-state index contributed by atoms with van der Waals surface area (Å²) in [6.07, 6.45) is 11.7. The van der Waals surface area contributed by atoms with Gasteiger partial charge < -0.3 is 0 Å². The van der Waals surface area contributed by atoms with E-state index in [1.54, 1.807) is 0 Å². The van der Waals surface area contributed by atoms with E-state index in [9.17, 15) is 0 Å². The summed E-state index contributed by atoms with van der Waals surface area (Å²) in [5, 5.41) is 0. The largest absolute Gasteiger partial charge is 0.292 e. The van der Waals surface area contributed by atoms with Gasteiger partial charge in [-0.15, -0.1) is 6.58 Å². The van der Waals surface area contributed by atoms with Crippen LogP contribution in [0.3, 0.4) is 0 Å². The molecule has 1 unspecified atom stereocenters. The molecule has 0 spiro atoms. The minimum atomic E-state index is 0.610. The lowest BCUT2D eigenvalue weighted by molar-refractivity contribution is 0.209. The highest BCUT2D eigenvalue weighted by atomic mass is 15.1. The van der Waals surface area contributed by atoms with Crippen LogP contribution < -0.4 is 0 Å². The maximum absolute atomic E-state index is 3.84. The third-order valence-corrected chi connectivity index (χ3v) is 3.55. The molecule has 1 aromatic rings. The molecule has 0 heterocycles. The Bertz CT molecular complexity index is 380. The van der Waals surface area contributed by atoms with Crippen molar-refractivity contribution in [2.45, 2.75) is 38.3 Å². The van der Waals surface area contributed by atoms with Gasteiger partial charge in [-0.05, 0) is 31.2 Å². The molecule has 0 aromatic heterocycles. The Hall–Kier alpha value is -1.34. The zero-order valence-electron chi connectivity index (χ0n) is 11.1. The van der Waals surface area contributed by atoms with Crippen LogP contribution in [0.2, 0.25) is 0 Å². The van der Waals surface area contributed by atoms with Crippen molar-refractivity contribution < 1.29 is 0 Å².